The summed E-state index contributed by atoms with van der Waals surface area (Å²) in [5.41, 5.74) is 1.21. The van der Waals surface area contributed by atoms with Gasteiger partial charge in [-0.2, -0.15) is 4.98 Å². The van der Waals surface area contributed by atoms with Crippen molar-refractivity contribution < 1.29 is 18.4 Å². The standard InChI is InChI=1S/C21H20FN3O3/c1-27-18-7-3-2-6-17(18)20-23-19(24-28-20)15-5-4-12-25(13-15)21(26)14-8-10-16(22)11-9-14/h2-3,6-11,15H,4-5,12-13H2,1H3/t15-/m1/s1. The fourth-order valence-corrected chi connectivity index (χ4v) is 3.48. The van der Waals surface area contributed by atoms with Gasteiger partial charge in [0.05, 0.1) is 12.7 Å². The second-order valence-electron chi connectivity index (χ2n) is 6.76. The molecule has 0 unspecified atom stereocenters. The van der Waals surface area contributed by atoms with Crippen LogP contribution in [0.4, 0.5) is 4.39 Å². The van der Waals surface area contributed by atoms with E-state index in [4.69, 9.17) is 9.26 Å². The minimum atomic E-state index is -0.358. The first kappa shape index (κ1) is 18.2. The number of halogens is 1. The molecule has 3 aromatic rings. The van der Waals surface area contributed by atoms with E-state index in [9.17, 15) is 9.18 Å². The highest BCUT2D eigenvalue weighted by Crippen LogP contribution is 2.31. The number of ether oxygens (including phenoxy) is 1. The summed E-state index contributed by atoms with van der Waals surface area (Å²) >= 11 is 0. The summed E-state index contributed by atoms with van der Waals surface area (Å²) < 4.78 is 23.9. The van der Waals surface area contributed by atoms with Crippen LogP contribution in [0.25, 0.3) is 11.5 Å². The number of carbonyl (C=O) groups excluding carboxylic acids is 1. The van der Waals surface area contributed by atoms with Gasteiger partial charge in [0.25, 0.3) is 11.8 Å². The highest BCUT2D eigenvalue weighted by atomic mass is 19.1. The SMILES string of the molecule is COc1ccccc1-c1nc([C@@H]2CCCN(C(=O)c3ccc(F)cc3)C2)no1. The summed E-state index contributed by atoms with van der Waals surface area (Å²) in [6.45, 7) is 1.16. The molecule has 0 N–H and O–H groups in total. The first-order valence-corrected chi connectivity index (χ1v) is 9.17. The maximum atomic E-state index is 13.1. The van der Waals surface area contributed by atoms with Crippen LogP contribution in [0, 0.1) is 5.82 Å². The van der Waals surface area contributed by atoms with E-state index in [1.807, 2.05) is 24.3 Å². The van der Waals surface area contributed by atoms with Gasteiger partial charge in [-0.1, -0.05) is 17.3 Å². The van der Waals surface area contributed by atoms with Crippen molar-refractivity contribution in [1.29, 1.82) is 0 Å². The van der Waals surface area contributed by atoms with Crippen LogP contribution < -0.4 is 4.74 Å². The molecule has 1 amide bonds. The van der Waals surface area contributed by atoms with Crippen molar-refractivity contribution in [1.82, 2.24) is 15.0 Å². The summed E-state index contributed by atoms with van der Waals surface area (Å²) in [6.07, 6.45) is 1.72. The number of piperidine rings is 1. The molecule has 1 aromatic heterocycles. The second kappa shape index (κ2) is 7.80. The van der Waals surface area contributed by atoms with Gasteiger partial charge < -0.3 is 14.2 Å². The van der Waals surface area contributed by atoms with Crippen molar-refractivity contribution >= 4 is 5.91 Å². The number of hydrogen-bond acceptors (Lipinski definition) is 5. The van der Waals surface area contributed by atoms with Crippen molar-refractivity contribution in [3.8, 4) is 17.2 Å². The molecule has 6 nitrogen and oxygen atoms in total. The van der Waals surface area contributed by atoms with E-state index in [0.717, 1.165) is 18.4 Å². The van der Waals surface area contributed by atoms with Crippen molar-refractivity contribution in [2.24, 2.45) is 0 Å². The van der Waals surface area contributed by atoms with Crippen molar-refractivity contribution in [3.05, 3.63) is 65.7 Å². The highest BCUT2D eigenvalue weighted by Gasteiger charge is 2.29. The number of likely N-dealkylation sites (tertiary alicyclic amines) is 1. The lowest BCUT2D eigenvalue weighted by Gasteiger charge is -2.31. The van der Waals surface area contributed by atoms with Gasteiger partial charge in [0.15, 0.2) is 5.82 Å². The molecule has 4 rings (SSSR count). The highest BCUT2D eigenvalue weighted by molar-refractivity contribution is 5.94. The van der Waals surface area contributed by atoms with Crippen molar-refractivity contribution in [2.45, 2.75) is 18.8 Å². The summed E-state index contributed by atoms with van der Waals surface area (Å²) in [7, 11) is 1.59. The molecule has 2 heterocycles. The number of rotatable bonds is 4. The van der Waals surface area contributed by atoms with Gasteiger partial charge in [-0.05, 0) is 49.2 Å². The molecule has 0 saturated carbocycles. The molecule has 1 aliphatic heterocycles. The summed E-state index contributed by atoms with van der Waals surface area (Å²) in [4.78, 5) is 19.0. The third kappa shape index (κ3) is 3.60. The molecule has 1 atom stereocenters. The van der Waals surface area contributed by atoms with Gasteiger partial charge in [0.1, 0.15) is 11.6 Å². The van der Waals surface area contributed by atoms with Crippen LogP contribution in [-0.4, -0.2) is 41.1 Å². The Kier molecular flexibility index (Phi) is 5.06. The number of nitrogens with zero attached hydrogens (tertiary/aromatic N) is 3. The molecular formula is C21H20FN3O3. The van der Waals surface area contributed by atoms with E-state index in [1.54, 1.807) is 12.0 Å². The Balaban J connectivity index is 1.51. The lowest BCUT2D eigenvalue weighted by molar-refractivity contribution is 0.0703. The van der Waals surface area contributed by atoms with Gasteiger partial charge in [0.2, 0.25) is 0 Å². The van der Waals surface area contributed by atoms with Gasteiger partial charge in [-0.25, -0.2) is 4.39 Å². The average molecular weight is 381 g/mol. The monoisotopic (exact) mass is 381 g/mol. The van der Waals surface area contributed by atoms with Crippen LogP contribution in [0.5, 0.6) is 5.75 Å². The molecule has 1 aliphatic rings. The van der Waals surface area contributed by atoms with Crippen molar-refractivity contribution in [3.63, 3.8) is 0 Å². The Labute approximate surface area is 161 Å². The van der Waals surface area contributed by atoms with E-state index in [0.29, 0.717) is 36.1 Å². The molecule has 7 heteroatoms. The zero-order valence-electron chi connectivity index (χ0n) is 15.5. The van der Waals surface area contributed by atoms with Gasteiger partial charge in [-0.15, -0.1) is 0 Å². The number of carbonyl (C=O) groups is 1. The van der Waals surface area contributed by atoms with Crippen LogP contribution in [-0.2, 0) is 0 Å². The quantitative estimate of drug-likeness (QED) is 0.686. The average Bonchev–Trinajstić information content (AvgIpc) is 3.24. The van der Waals surface area contributed by atoms with Crippen LogP contribution >= 0.6 is 0 Å². The normalized spacial score (nSPS) is 16.8. The molecule has 0 aliphatic carbocycles. The summed E-state index contributed by atoms with van der Waals surface area (Å²) in [5, 5.41) is 4.14. The van der Waals surface area contributed by atoms with Crippen LogP contribution in [0.3, 0.4) is 0 Å². The van der Waals surface area contributed by atoms with Crippen LogP contribution in [0.2, 0.25) is 0 Å². The van der Waals surface area contributed by atoms with E-state index in [2.05, 4.69) is 10.1 Å². The molecule has 1 saturated heterocycles. The van der Waals surface area contributed by atoms with Crippen molar-refractivity contribution in [2.75, 3.05) is 20.2 Å². The molecule has 1 fully saturated rings. The fraction of sp³-hybridized carbons (Fsp3) is 0.286. The number of para-hydroxylation sites is 1. The number of hydrogen-bond donors (Lipinski definition) is 0. The molecule has 144 valence electrons. The Hall–Kier alpha value is -3.22. The molecule has 0 bridgehead atoms. The number of methoxy groups -OCH3 is 1. The van der Waals surface area contributed by atoms with E-state index in [1.165, 1.54) is 24.3 Å². The van der Waals surface area contributed by atoms with Gasteiger partial charge in [-0.3, -0.25) is 4.79 Å². The fourth-order valence-electron chi connectivity index (χ4n) is 3.48. The van der Waals surface area contributed by atoms with Crippen LogP contribution in [0.15, 0.2) is 53.1 Å². The minimum absolute atomic E-state index is 0.00893. The zero-order valence-corrected chi connectivity index (χ0v) is 15.5. The summed E-state index contributed by atoms with van der Waals surface area (Å²) in [6, 6.07) is 13.1. The second-order valence-corrected chi connectivity index (χ2v) is 6.76. The first-order chi connectivity index (χ1) is 13.7. The number of benzene rings is 2. The van der Waals surface area contributed by atoms with E-state index < -0.39 is 0 Å². The zero-order chi connectivity index (χ0) is 19.5. The molecule has 28 heavy (non-hydrogen) atoms. The largest absolute Gasteiger partial charge is 0.496 e. The topological polar surface area (TPSA) is 68.5 Å². The number of aromatic nitrogens is 2. The van der Waals surface area contributed by atoms with Crippen LogP contribution in [0.1, 0.15) is 34.9 Å². The maximum Gasteiger partial charge on any atom is 0.261 e. The molecule has 0 spiro atoms. The lowest BCUT2D eigenvalue weighted by Crippen LogP contribution is -2.39. The Morgan fingerprint density at radius 1 is 1.21 bits per heavy atom. The van der Waals surface area contributed by atoms with E-state index >= 15 is 0 Å². The summed E-state index contributed by atoms with van der Waals surface area (Å²) in [5.74, 6) is 1.16. The third-order valence-electron chi connectivity index (χ3n) is 4.94. The molecule has 0 radical (unpaired) electrons. The van der Waals surface area contributed by atoms with Gasteiger partial charge in [0, 0.05) is 24.6 Å². The predicted molar refractivity (Wildman–Crippen MR) is 101 cm³/mol. The smallest absolute Gasteiger partial charge is 0.261 e. The third-order valence-corrected chi connectivity index (χ3v) is 4.94. The maximum absolute atomic E-state index is 13.1. The predicted octanol–water partition coefficient (Wildman–Crippen LogP) is 3.90. The van der Waals surface area contributed by atoms with E-state index in [-0.39, 0.29) is 17.6 Å². The Morgan fingerprint density at radius 2 is 2.00 bits per heavy atom. The van der Waals surface area contributed by atoms with Gasteiger partial charge >= 0.3 is 0 Å². The number of amides is 1. The molecule has 2 aromatic carbocycles. The minimum Gasteiger partial charge on any atom is -0.496 e. The first-order valence-electron chi connectivity index (χ1n) is 9.17. The lowest BCUT2D eigenvalue weighted by atomic mass is 9.96. The Morgan fingerprint density at radius 3 is 2.79 bits per heavy atom. The molecular weight excluding hydrogens is 361 g/mol. The Bertz CT molecular complexity index is 971.